The topological polar surface area (TPSA) is 63.1 Å². The summed E-state index contributed by atoms with van der Waals surface area (Å²) in [5.74, 6) is 2.12. The van der Waals surface area contributed by atoms with Crippen LogP contribution in [0, 0.1) is 11.8 Å². The number of hydrogen-bond acceptors (Lipinski definition) is 4. The molecule has 2 aromatic heterocycles. The summed E-state index contributed by atoms with van der Waals surface area (Å²) in [6.45, 7) is 11.8. The summed E-state index contributed by atoms with van der Waals surface area (Å²) in [5, 5.41) is 7.56. The highest BCUT2D eigenvalue weighted by Crippen LogP contribution is 2.21. The Bertz CT molecular complexity index is 747. The van der Waals surface area contributed by atoms with E-state index >= 15 is 0 Å². The highest BCUT2D eigenvalue weighted by molar-refractivity contribution is 5.95. The number of carbonyl (C=O) groups excluding carboxylic acids is 1. The molecule has 0 spiro atoms. The Morgan fingerprint density at radius 1 is 1.30 bits per heavy atom. The molecule has 0 saturated carbocycles. The Morgan fingerprint density at radius 2 is 2.04 bits per heavy atom. The van der Waals surface area contributed by atoms with Crippen LogP contribution in [0.1, 0.15) is 50.2 Å². The average molecular weight is 370 g/mol. The minimum atomic E-state index is -0.0559. The number of pyridine rings is 1. The van der Waals surface area contributed by atoms with Gasteiger partial charge in [-0.25, -0.2) is 9.67 Å². The van der Waals surface area contributed by atoms with Crippen LogP contribution in [0.5, 0.6) is 0 Å². The van der Waals surface area contributed by atoms with Crippen molar-refractivity contribution in [2.75, 3.05) is 19.6 Å². The lowest BCUT2D eigenvalue weighted by molar-refractivity contribution is 0.0904. The first-order chi connectivity index (χ1) is 13.0. The van der Waals surface area contributed by atoms with Crippen molar-refractivity contribution in [3.63, 3.8) is 0 Å². The zero-order valence-corrected chi connectivity index (χ0v) is 16.9. The normalized spacial score (nSPS) is 21.8. The number of likely N-dealkylation sites (tertiary alicyclic amines) is 1. The first-order valence-electron chi connectivity index (χ1n) is 9.99. The van der Waals surface area contributed by atoms with Crippen molar-refractivity contribution in [3.05, 3.63) is 41.9 Å². The summed E-state index contributed by atoms with van der Waals surface area (Å²) in [7, 11) is 0. The van der Waals surface area contributed by atoms with E-state index in [9.17, 15) is 4.79 Å². The molecule has 0 aliphatic carbocycles. The molecule has 3 heterocycles. The molecule has 6 heteroatoms. The zero-order valence-electron chi connectivity index (χ0n) is 16.9. The van der Waals surface area contributed by atoms with Crippen molar-refractivity contribution < 1.29 is 4.79 Å². The number of rotatable bonds is 6. The number of hydrogen-bond donors (Lipinski definition) is 1. The Morgan fingerprint density at radius 3 is 2.67 bits per heavy atom. The minimum Gasteiger partial charge on any atom is -0.348 e. The summed E-state index contributed by atoms with van der Waals surface area (Å²) in [6, 6.07) is 5.79. The van der Waals surface area contributed by atoms with Gasteiger partial charge >= 0.3 is 0 Å². The van der Waals surface area contributed by atoms with Crippen molar-refractivity contribution in [1.82, 2.24) is 25.0 Å². The maximum Gasteiger partial charge on any atom is 0.255 e. The molecular formula is C21H31N5O. The van der Waals surface area contributed by atoms with Crippen molar-refractivity contribution in [3.8, 4) is 5.82 Å². The van der Waals surface area contributed by atoms with Gasteiger partial charge < -0.3 is 10.2 Å². The second-order valence-electron chi connectivity index (χ2n) is 8.00. The van der Waals surface area contributed by atoms with Crippen LogP contribution in [0.2, 0.25) is 0 Å². The molecule has 0 bridgehead atoms. The summed E-state index contributed by atoms with van der Waals surface area (Å²) in [4.78, 5) is 19.7. The Kier molecular flexibility index (Phi) is 6.26. The molecule has 27 heavy (non-hydrogen) atoms. The van der Waals surface area contributed by atoms with Gasteiger partial charge in [-0.3, -0.25) is 4.79 Å². The molecule has 1 N–H and O–H groups in total. The van der Waals surface area contributed by atoms with E-state index in [4.69, 9.17) is 0 Å². The maximum atomic E-state index is 12.8. The highest BCUT2D eigenvalue weighted by Gasteiger charge is 2.24. The molecule has 1 amide bonds. The van der Waals surface area contributed by atoms with Crippen LogP contribution in [0.15, 0.2) is 30.6 Å². The van der Waals surface area contributed by atoms with Gasteiger partial charge in [-0.1, -0.05) is 26.8 Å². The van der Waals surface area contributed by atoms with Gasteiger partial charge in [0.05, 0.1) is 17.5 Å². The van der Waals surface area contributed by atoms with Crippen molar-refractivity contribution >= 4 is 5.91 Å². The lowest BCUT2D eigenvalue weighted by atomic mass is 9.92. The molecule has 1 fully saturated rings. The average Bonchev–Trinajstić information content (AvgIpc) is 3.05. The van der Waals surface area contributed by atoms with Crippen LogP contribution in [0.4, 0.5) is 0 Å². The Hall–Kier alpha value is -2.21. The monoisotopic (exact) mass is 369 g/mol. The van der Waals surface area contributed by atoms with Crippen molar-refractivity contribution in [1.29, 1.82) is 0 Å². The molecule has 1 aliphatic rings. The Labute approximate surface area is 162 Å². The van der Waals surface area contributed by atoms with E-state index in [-0.39, 0.29) is 11.9 Å². The van der Waals surface area contributed by atoms with Gasteiger partial charge in [0.25, 0.3) is 5.91 Å². The van der Waals surface area contributed by atoms with Gasteiger partial charge in [-0.15, -0.1) is 0 Å². The number of carbonyl (C=O) groups is 1. The van der Waals surface area contributed by atoms with Crippen molar-refractivity contribution in [2.24, 2.45) is 11.8 Å². The number of piperidine rings is 1. The lowest BCUT2D eigenvalue weighted by Crippen LogP contribution is -2.47. The van der Waals surface area contributed by atoms with Gasteiger partial charge in [0.15, 0.2) is 5.82 Å². The van der Waals surface area contributed by atoms with Gasteiger partial charge in [-0.2, -0.15) is 5.10 Å². The molecule has 3 unspecified atom stereocenters. The molecule has 3 rings (SSSR count). The zero-order chi connectivity index (χ0) is 19.4. The van der Waals surface area contributed by atoms with Gasteiger partial charge in [0, 0.05) is 31.9 Å². The number of aromatic nitrogens is 3. The molecule has 0 radical (unpaired) electrons. The van der Waals surface area contributed by atoms with E-state index in [1.54, 1.807) is 17.1 Å². The molecule has 2 aromatic rings. The third kappa shape index (κ3) is 4.75. The predicted octanol–water partition coefficient (Wildman–Crippen LogP) is 2.93. The van der Waals surface area contributed by atoms with Crippen LogP contribution in [0.3, 0.4) is 0 Å². The number of nitrogens with zero attached hydrogens (tertiary/aromatic N) is 4. The van der Waals surface area contributed by atoms with Crippen molar-refractivity contribution in [2.45, 2.75) is 46.6 Å². The fourth-order valence-corrected chi connectivity index (χ4v) is 4.26. The molecule has 3 atom stereocenters. The van der Waals surface area contributed by atoms with Crippen LogP contribution < -0.4 is 5.32 Å². The third-order valence-electron chi connectivity index (χ3n) is 5.17. The van der Waals surface area contributed by atoms with Gasteiger partial charge in [-0.05, 0) is 43.7 Å². The number of amides is 1. The third-order valence-corrected chi connectivity index (χ3v) is 5.17. The number of nitrogens with one attached hydrogen (secondary N) is 1. The van der Waals surface area contributed by atoms with E-state index in [0.717, 1.165) is 49.4 Å². The van der Waals surface area contributed by atoms with E-state index < -0.39 is 0 Å². The highest BCUT2D eigenvalue weighted by atomic mass is 16.1. The summed E-state index contributed by atoms with van der Waals surface area (Å²) in [5.41, 5.74) is 1.52. The summed E-state index contributed by atoms with van der Waals surface area (Å²) >= 11 is 0. The standard InChI is InChI=1S/C21H31N5O/c1-5-19-18(11-23-26(19)20-8-6-7-9-22-20)21(27)24-17(4)14-25-12-15(2)10-16(3)13-25/h6-9,11,15-17H,5,10,12-14H2,1-4H3,(H,24,27). The van der Waals surface area contributed by atoms with Gasteiger partial charge in [0.2, 0.25) is 0 Å². The van der Waals surface area contributed by atoms with Crippen LogP contribution in [0.25, 0.3) is 5.82 Å². The predicted molar refractivity (Wildman–Crippen MR) is 107 cm³/mol. The van der Waals surface area contributed by atoms with Gasteiger partial charge in [0.1, 0.15) is 0 Å². The molecule has 146 valence electrons. The molecular weight excluding hydrogens is 338 g/mol. The van der Waals surface area contributed by atoms with E-state index in [2.05, 4.69) is 41.1 Å². The second-order valence-corrected chi connectivity index (χ2v) is 8.00. The first kappa shape index (κ1) is 19.5. The molecule has 0 aromatic carbocycles. The second kappa shape index (κ2) is 8.65. The lowest BCUT2D eigenvalue weighted by Gasteiger charge is -2.36. The van der Waals surface area contributed by atoms with Crippen LogP contribution in [-0.4, -0.2) is 51.2 Å². The summed E-state index contributed by atoms with van der Waals surface area (Å²) < 4.78 is 1.76. The van der Waals surface area contributed by atoms with E-state index in [1.165, 1.54) is 6.42 Å². The maximum absolute atomic E-state index is 12.8. The molecule has 1 aliphatic heterocycles. The van der Waals surface area contributed by atoms with E-state index in [1.807, 2.05) is 25.1 Å². The molecule has 1 saturated heterocycles. The Balaban J connectivity index is 1.66. The van der Waals surface area contributed by atoms with E-state index in [0.29, 0.717) is 5.56 Å². The van der Waals surface area contributed by atoms with Crippen LogP contribution >= 0.6 is 0 Å². The fourth-order valence-electron chi connectivity index (χ4n) is 4.26. The quantitative estimate of drug-likeness (QED) is 0.850. The van der Waals surface area contributed by atoms with Crippen LogP contribution in [-0.2, 0) is 6.42 Å². The largest absolute Gasteiger partial charge is 0.348 e. The fraction of sp³-hybridized carbons (Fsp3) is 0.571. The first-order valence-corrected chi connectivity index (χ1v) is 9.99. The SMILES string of the molecule is CCc1c(C(=O)NC(C)CN2CC(C)CC(C)C2)cnn1-c1ccccn1. The summed E-state index contributed by atoms with van der Waals surface area (Å²) in [6.07, 6.45) is 5.40. The minimum absolute atomic E-state index is 0.0559. The molecule has 6 nitrogen and oxygen atoms in total. The smallest absolute Gasteiger partial charge is 0.255 e.